The number of halogens is 1. The molecule has 0 atom stereocenters. The van der Waals surface area contributed by atoms with Crippen LogP contribution < -0.4 is 15.4 Å². The SMILES string of the molecule is COC(=O)c1ccc(CNc2nc(NCCOc3ccccc3)nc3ccc(Cl)cc23)cc1. The van der Waals surface area contributed by atoms with Crippen LogP contribution in [-0.2, 0) is 11.3 Å². The number of hydrogen-bond acceptors (Lipinski definition) is 7. The Kier molecular flexibility index (Phi) is 7.22. The van der Waals surface area contributed by atoms with Crippen LogP contribution in [0.1, 0.15) is 15.9 Å². The zero-order valence-electron chi connectivity index (χ0n) is 18.0. The first-order chi connectivity index (χ1) is 16.1. The smallest absolute Gasteiger partial charge is 0.337 e. The van der Waals surface area contributed by atoms with Gasteiger partial charge in [-0.3, -0.25) is 0 Å². The average molecular weight is 463 g/mol. The molecule has 8 heteroatoms. The fourth-order valence-electron chi connectivity index (χ4n) is 3.23. The van der Waals surface area contributed by atoms with Crippen LogP contribution in [0.4, 0.5) is 11.8 Å². The number of nitrogens with one attached hydrogen (secondary N) is 2. The van der Waals surface area contributed by atoms with E-state index in [2.05, 4.69) is 20.6 Å². The summed E-state index contributed by atoms with van der Waals surface area (Å²) in [5, 5.41) is 7.99. The van der Waals surface area contributed by atoms with Gasteiger partial charge in [-0.05, 0) is 48.0 Å². The van der Waals surface area contributed by atoms with Gasteiger partial charge < -0.3 is 20.1 Å². The van der Waals surface area contributed by atoms with Crippen molar-refractivity contribution in [1.29, 1.82) is 0 Å². The van der Waals surface area contributed by atoms with Gasteiger partial charge in [0.1, 0.15) is 18.2 Å². The summed E-state index contributed by atoms with van der Waals surface area (Å²) in [6.07, 6.45) is 0. The average Bonchev–Trinajstić information content (AvgIpc) is 2.86. The number of aromatic nitrogens is 2. The molecule has 0 radical (unpaired) electrons. The molecule has 0 amide bonds. The Labute approximate surface area is 196 Å². The number of methoxy groups -OCH3 is 1. The molecule has 0 saturated carbocycles. The van der Waals surface area contributed by atoms with Gasteiger partial charge in [0.25, 0.3) is 0 Å². The topological polar surface area (TPSA) is 85.4 Å². The molecule has 0 unspecified atom stereocenters. The second-order valence-corrected chi connectivity index (χ2v) is 7.62. The molecule has 2 N–H and O–H groups in total. The second kappa shape index (κ2) is 10.7. The van der Waals surface area contributed by atoms with Crippen molar-refractivity contribution >= 4 is 40.2 Å². The first-order valence-corrected chi connectivity index (χ1v) is 10.8. The number of benzene rings is 3. The van der Waals surface area contributed by atoms with Crippen LogP contribution in [0.3, 0.4) is 0 Å². The fraction of sp³-hybridized carbons (Fsp3) is 0.160. The van der Waals surface area contributed by atoms with Crippen molar-refractivity contribution in [2.45, 2.75) is 6.54 Å². The first-order valence-electron chi connectivity index (χ1n) is 10.4. The molecular weight excluding hydrogens is 440 g/mol. The Balaban J connectivity index is 1.46. The Morgan fingerprint density at radius 1 is 0.970 bits per heavy atom. The van der Waals surface area contributed by atoms with Gasteiger partial charge in [-0.15, -0.1) is 0 Å². The van der Waals surface area contributed by atoms with E-state index < -0.39 is 0 Å². The lowest BCUT2D eigenvalue weighted by Crippen LogP contribution is -2.14. The predicted octanol–water partition coefficient (Wildman–Crippen LogP) is 5.17. The molecule has 0 bridgehead atoms. The number of carbonyl (C=O) groups excluding carboxylic acids is 1. The monoisotopic (exact) mass is 462 g/mol. The molecule has 0 aliphatic carbocycles. The van der Waals surface area contributed by atoms with Crippen molar-refractivity contribution < 1.29 is 14.3 Å². The number of carbonyl (C=O) groups is 1. The third kappa shape index (κ3) is 5.90. The molecule has 168 valence electrons. The molecule has 0 aliphatic rings. The lowest BCUT2D eigenvalue weighted by atomic mass is 10.1. The Morgan fingerprint density at radius 2 is 1.76 bits per heavy atom. The van der Waals surface area contributed by atoms with Crippen molar-refractivity contribution in [3.8, 4) is 5.75 Å². The van der Waals surface area contributed by atoms with Crippen molar-refractivity contribution in [3.63, 3.8) is 0 Å². The van der Waals surface area contributed by atoms with Crippen molar-refractivity contribution in [1.82, 2.24) is 9.97 Å². The number of anilines is 2. The molecule has 0 spiro atoms. The quantitative estimate of drug-likeness (QED) is 0.262. The summed E-state index contributed by atoms with van der Waals surface area (Å²) < 4.78 is 10.5. The summed E-state index contributed by atoms with van der Waals surface area (Å²) in [5.74, 6) is 1.60. The summed E-state index contributed by atoms with van der Waals surface area (Å²) >= 11 is 6.21. The van der Waals surface area contributed by atoms with Gasteiger partial charge in [-0.1, -0.05) is 41.9 Å². The van der Waals surface area contributed by atoms with Gasteiger partial charge >= 0.3 is 5.97 Å². The van der Waals surface area contributed by atoms with E-state index in [-0.39, 0.29) is 5.97 Å². The molecule has 33 heavy (non-hydrogen) atoms. The fourth-order valence-corrected chi connectivity index (χ4v) is 3.40. The third-order valence-corrected chi connectivity index (χ3v) is 5.12. The molecule has 7 nitrogen and oxygen atoms in total. The highest BCUT2D eigenvalue weighted by molar-refractivity contribution is 6.31. The lowest BCUT2D eigenvalue weighted by molar-refractivity contribution is 0.0600. The van der Waals surface area contributed by atoms with E-state index in [0.717, 1.165) is 22.2 Å². The van der Waals surface area contributed by atoms with Gasteiger partial charge in [-0.25, -0.2) is 9.78 Å². The van der Waals surface area contributed by atoms with Crippen LogP contribution in [0.2, 0.25) is 5.02 Å². The van der Waals surface area contributed by atoms with E-state index in [0.29, 0.717) is 42.0 Å². The van der Waals surface area contributed by atoms with E-state index in [4.69, 9.17) is 21.1 Å². The summed E-state index contributed by atoms with van der Waals surface area (Å²) in [4.78, 5) is 20.9. The van der Waals surface area contributed by atoms with E-state index >= 15 is 0 Å². The molecule has 0 aliphatic heterocycles. The molecule has 4 rings (SSSR count). The number of nitrogens with zero attached hydrogens (tertiary/aromatic N) is 2. The van der Waals surface area contributed by atoms with Crippen LogP contribution in [-0.4, -0.2) is 36.2 Å². The molecule has 1 heterocycles. The molecule has 0 fully saturated rings. The van der Waals surface area contributed by atoms with Crippen molar-refractivity contribution in [2.75, 3.05) is 30.9 Å². The lowest BCUT2D eigenvalue weighted by Gasteiger charge is -2.13. The second-order valence-electron chi connectivity index (χ2n) is 7.19. The molecule has 0 saturated heterocycles. The summed E-state index contributed by atoms with van der Waals surface area (Å²) in [6.45, 7) is 1.53. The summed E-state index contributed by atoms with van der Waals surface area (Å²) in [6, 6.07) is 22.3. The first kappa shape index (κ1) is 22.4. The molecule has 4 aromatic rings. The predicted molar refractivity (Wildman–Crippen MR) is 130 cm³/mol. The zero-order chi connectivity index (χ0) is 23.0. The Hall–Kier alpha value is -3.84. The Morgan fingerprint density at radius 3 is 2.52 bits per heavy atom. The van der Waals surface area contributed by atoms with Crippen LogP contribution in [0.15, 0.2) is 72.8 Å². The largest absolute Gasteiger partial charge is 0.492 e. The normalized spacial score (nSPS) is 10.6. The molecule has 3 aromatic carbocycles. The highest BCUT2D eigenvalue weighted by Crippen LogP contribution is 2.26. The van der Waals surface area contributed by atoms with E-state index in [9.17, 15) is 4.79 Å². The van der Waals surface area contributed by atoms with Crippen LogP contribution in [0.5, 0.6) is 5.75 Å². The van der Waals surface area contributed by atoms with E-state index in [1.807, 2.05) is 54.6 Å². The van der Waals surface area contributed by atoms with Gasteiger partial charge in [0.2, 0.25) is 5.95 Å². The number of rotatable bonds is 9. The highest BCUT2D eigenvalue weighted by Gasteiger charge is 2.10. The van der Waals surface area contributed by atoms with Gasteiger partial charge in [0.15, 0.2) is 0 Å². The number of esters is 1. The standard InChI is InChI=1S/C25H23ClN4O3/c1-32-24(31)18-9-7-17(8-10-18)16-28-23-21-15-19(26)11-12-22(21)29-25(30-23)27-13-14-33-20-5-3-2-4-6-20/h2-12,15H,13-14,16H2,1H3,(H2,27,28,29,30). The van der Waals surface area contributed by atoms with Gasteiger partial charge in [0.05, 0.1) is 24.7 Å². The maximum atomic E-state index is 11.6. The van der Waals surface area contributed by atoms with Crippen LogP contribution in [0, 0.1) is 0 Å². The zero-order valence-corrected chi connectivity index (χ0v) is 18.8. The number of ether oxygens (including phenoxy) is 2. The van der Waals surface area contributed by atoms with Crippen molar-refractivity contribution in [3.05, 3.63) is 88.9 Å². The summed E-state index contributed by atoms with van der Waals surface area (Å²) in [7, 11) is 1.36. The van der Waals surface area contributed by atoms with E-state index in [1.165, 1.54) is 7.11 Å². The van der Waals surface area contributed by atoms with Crippen molar-refractivity contribution in [2.24, 2.45) is 0 Å². The van der Waals surface area contributed by atoms with Crippen LogP contribution in [0.25, 0.3) is 10.9 Å². The molecule has 1 aromatic heterocycles. The number of para-hydroxylation sites is 1. The summed E-state index contributed by atoms with van der Waals surface area (Å²) in [5.41, 5.74) is 2.26. The minimum absolute atomic E-state index is 0.363. The highest BCUT2D eigenvalue weighted by atomic mass is 35.5. The van der Waals surface area contributed by atoms with Crippen LogP contribution >= 0.6 is 11.6 Å². The number of fused-ring (bicyclic) bond motifs is 1. The number of hydrogen-bond donors (Lipinski definition) is 2. The van der Waals surface area contributed by atoms with Gasteiger partial charge in [0, 0.05) is 17.0 Å². The maximum Gasteiger partial charge on any atom is 0.337 e. The third-order valence-electron chi connectivity index (χ3n) is 4.89. The Bertz CT molecular complexity index is 1230. The minimum atomic E-state index is -0.363. The minimum Gasteiger partial charge on any atom is -0.492 e. The molecular formula is C25H23ClN4O3. The maximum absolute atomic E-state index is 11.6. The van der Waals surface area contributed by atoms with Gasteiger partial charge in [-0.2, -0.15) is 4.98 Å². The van der Waals surface area contributed by atoms with E-state index in [1.54, 1.807) is 18.2 Å².